The van der Waals surface area contributed by atoms with E-state index in [0.717, 1.165) is 31.7 Å². The van der Waals surface area contributed by atoms with Crippen LogP contribution in [0.25, 0.3) is 0 Å². The minimum atomic E-state index is -0.622. The number of hydrogen-bond donors (Lipinski definition) is 3. The number of carbonyl (C=O) groups is 2. The predicted molar refractivity (Wildman–Crippen MR) is 143 cm³/mol. The van der Waals surface area contributed by atoms with Crippen molar-refractivity contribution in [1.29, 1.82) is 0 Å². The Morgan fingerprint density at radius 2 is 1.65 bits per heavy atom. The number of hydrogen-bond acceptors (Lipinski definition) is 3. The first kappa shape index (κ1) is 28.8. The molecule has 2 aromatic carbocycles. The molecule has 3 N–H and O–H groups in total. The summed E-state index contributed by atoms with van der Waals surface area (Å²) >= 11 is 0. The SMILES string of the molecule is CC(=O)NC1CCC(NCC[C@H](Cc2cc(F)cc(F)c2)NC(C)=O)(c2cccc(C(C)(C)C)c2)CC1. The van der Waals surface area contributed by atoms with Gasteiger partial charge in [-0.05, 0) is 79.3 Å². The van der Waals surface area contributed by atoms with Gasteiger partial charge in [0.1, 0.15) is 11.6 Å². The molecule has 1 saturated carbocycles. The Morgan fingerprint density at radius 3 is 2.22 bits per heavy atom. The molecule has 0 unspecified atom stereocenters. The van der Waals surface area contributed by atoms with E-state index < -0.39 is 11.6 Å². The van der Waals surface area contributed by atoms with Gasteiger partial charge < -0.3 is 16.0 Å². The van der Waals surface area contributed by atoms with Crippen LogP contribution in [0.4, 0.5) is 8.78 Å². The highest BCUT2D eigenvalue weighted by Crippen LogP contribution is 2.39. The molecule has 202 valence electrons. The van der Waals surface area contributed by atoms with Crippen molar-refractivity contribution in [3.8, 4) is 0 Å². The molecule has 1 aliphatic rings. The van der Waals surface area contributed by atoms with Crippen molar-refractivity contribution in [3.63, 3.8) is 0 Å². The fourth-order valence-corrected chi connectivity index (χ4v) is 5.40. The second-order valence-corrected chi connectivity index (χ2v) is 11.5. The van der Waals surface area contributed by atoms with Gasteiger partial charge in [-0.15, -0.1) is 0 Å². The highest BCUT2D eigenvalue weighted by atomic mass is 19.1. The molecule has 3 rings (SSSR count). The van der Waals surface area contributed by atoms with Gasteiger partial charge in [0.05, 0.1) is 0 Å². The second kappa shape index (κ2) is 12.2. The molecule has 0 heterocycles. The molecule has 0 aliphatic heterocycles. The Kier molecular flexibility index (Phi) is 9.46. The van der Waals surface area contributed by atoms with Gasteiger partial charge in [0, 0.05) is 37.5 Å². The molecule has 1 aliphatic carbocycles. The van der Waals surface area contributed by atoms with Crippen molar-refractivity contribution in [2.75, 3.05) is 6.54 Å². The molecule has 5 nitrogen and oxygen atoms in total. The smallest absolute Gasteiger partial charge is 0.217 e. The lowest BCUT2D eigenvalue weighted by molar-refractivity contribution is -0.120. The van der Waals surface area contributed by atoms with Crippen molar-refractivity contribution in [2.24, 2.45) is 0 Å². The van der Waals surface area contributed by atoms with Crippen LogP contribution in [-0.4, -0.2) is 30.4 Å². The van der Waals surface area contributed by atoms with E-state index in [9.17, 15) is 18.4 Å². The maximum atomic E-state index is 13.7. The molecule has 7 heteroatoms. The molecule has 2 amide bonds. The van der Waals surface area contributed by atoms with Crippen LogP contribution in [0.5, 0.6) is 0 Å². The Labute approximate surface area is 219 Å². The zero-order chi connectivity index (χ0) is 27.2. The van der Waals surface area contributed by atoms with Crippen molar-refractivity contribution in [3.05, 3.63) is 70.8 Å². The van der Waals surface area contributed by atoms with E-state index in [2.05, 4.69) is 61.0 Å². The lowest BCUT2D eigenvalue weighted by atomic mass is 9.73. The Balaban J connectivity index is 1.78. The van der Waals surface area contributed by atoms with Crippen LogP contribution in [0.2, 0.25) is 0 Å². The van der Waals surface area contributed by atoms with E-state index in [1.807, 2.05) is 0 Å². The first-order chi connectivity index (χ1) is 17.4. The van der Waals surface area contributed by atoms with Crippen molar-refractivity contribution < 1.29 is 18.4 Å². The first-order valence-corrected chi connectivity index (χ1v) is 13.2. The van der Waals surface area contributed by atoms with Gasteiger partial charge in [-0.2, -0.15) is 0 Å². The third kappa shape index (κ3) is 8.35. The van der Waals surface area contributed by atoms with Crippen LogP contribution in [0.15, 0.2) is 42.5 Å². The quantitative estimate of drug-likeness (QED) is 0.428. The Hall–Kier alpha value is -2.80. The standard InChI is InChI=1S/C30H41F2N3O2/c1-20(36)34-27-9-12-30(13-10-27,24-8-6-7-23(18-24)29(3,4)5)33-14-11-28(35-21(2)37)17-22-15-25(31)19-26(32)16-22/h6-8,15-16,18-19,27-28,33H,9-14,17H2,1-5H3,(H,34,36)(H,35,37)/t27?,28-,30?/m1/s1. The molecule has 0 saturated heterocycles. The minimum Gasteiger partial charge on any atom is -0.354 e. The lowest BCUT2D eigenvalue weighted by Gasteiger charge is -2.42. The van der Waals surface area contributed by atoms with E-state index in [1.165, 1.54) is 30.2 Å². The maximum absolute atomic E-state index is 13.7. The number of benzene rings is 2. The topological polar surface area (TPSA) is 70.2 Å². The summed E-state index contributed by atoms with van der Waals surface area (Å²) in [5.41, 5.74) is 2.76. The summed E-state index contributed by atoms with van der Waals surface area (Å²) < 4.78 is 27.5. The summed E-state index contributed by atoms with van der Waals surface area (Å²) in [4.78, 5) is 23.5. The summed E-state index contributed by atoms with van der Waals surface area (Å²) in [6.45, 7) is 10.2. The average molecular weight is 514 g/mol. The summed E-state index contributed by atoms with van der Waals surface area (Å²) in [6, 6.07) is 12.1. The van der Waals surface area contributed by atoms with E-state index >= 15 is 0 Å². The molecular formula is C30H41F2N3O2. The van der Waals surface area contributed by atoms with Crippen LogP contribution in [0, 0.1) is 11.6 Å². The number of amides is 2. The zero-order valence-electron chi connectivity index (χ0n) is 22.7. The van der Waals surface area contributed by atoms with Gasteiger partial charge in [-0.3, -0.25) is 9.59 Å². The maximum Gasteiger partial charge on any atom is 0.217 e. The summed E-state index contributed by atoms with van der Waals surface area (Å²) in [7, 11) is 0. The van der Waals surface area contributed by atoms with E-state index in [0.29, 0.717) is 24.9 Å². The van der Waals surface area contributed by atoms with Crippen molar-refractivity contribution in [1.82, 2.24) is 16.0 Å². The monoisotopic (exact) mass is 513 g/mol. The minimum absolute atomic E-state index is 0.00729. The average Bonchev–Trinajstić information content (AvgIpc) is 2.78. The third-order valence-corrected chi connectivity index (χ3v) is 7.30. The molecule has 0 aromatic heterocycles. The molecular weight excluding hydrogens is 472 g/mol. The zero-order valence-corrected chi connectivity index (χ0v) is 22.7. The van der Waals surface area contributed by atoms with E-state index in [-0.39, 0.29) is 34.9 Å². The second-order valence-electron chi connectivity index (χ2n) is 11.5. The molecule has 0 bridgehead atoms. The van der Waals surface area contributed by atoms with Crippen LogP contribution in [0.1, 0.15) is 83.4 Å². The van der Waals surface area contributed by atoms with Gasteiger partial charge in [0.2, 0.25) is 11.8 Å². The summed E-state index contributed by atoms with van der Waals surface area (Å²) in [5.74, 6) is -1.43. The summed E-state index contributed by atoms with van der Waals surface area (Å²) in [5, 5.41) is 9.81. The van der Waals surface area contributed by atoms with E-state index in [4.69, 9.17) is 0 Å². The number of rotatable bonds is 9. The lowest BCUT2D eigenvalue weighted by Crippen LogP contribution is -2.50. The predicted octanol–water partition coefficient (Wildman–Crippen LogP) is 5.26. The van der Waals surface area contributed by atoms with Gasteiger partial charge >= 0.3 is 0 Å². The molecule has 0 spiro atoms. The van der Waals surface area contributed by atoms with Crippen molar-refractivity contribution in [2.45, 2.75) is 96.2 Å². The molecule has 1 atom stereocenters. The number of nitrogens with one attached hydrogen (secondary N) is 3. The molecule has 1 fully saturated rings. The fraction of sp³-hybridized carbons (Fsp3) is 0.533. The van der Waals surface area contributed by atoms with Crippen LogP contribution < -0.4 is 16.0 Å². The highest BCUT2D eigenvalue weighted by Gasteiger charge is 2.37. The van der Waals surface area contributed by atoms with Crippen molar-refractivity contribution >= 4 is 11.8 Å². The molecule has 37 heavy (non-hydrogen) atoms. The Morgan fingerprint density at radius 1 is 1.00 bits per heavy atom. The third-order valence-electron chi connectivity index (χ3n) is 7.30. The highest BCUT2D eigenvalue weighted by molar-refractivity contribution is 5.73. The van der Waals surface area contributed by atoms with Crippen LogP contribution >= 0.6 is 0 Å². The number of carbonyl (C=O) groups excluding carboxylic acids is 2. The first-order valence-electron chi connectivity index (χ1n) is 13.2. The normalized spacial score (nSPS) is 20.8. The summed E-state index contributed by atoms with van der Waals surface area (Å²) in [6.07, 6.45) is 4.41. The van der Waals surface area contributed by atoms with Crippen LogP contribution in [-0.2, 0) is 27.0 Å². The number of halogens is 2. The Bertz CT molecular complexity index is 1070. The van der Waals surface area contributed by atoms with Gasteiger partial charge in [-0.1, -0.05) is 45.0 Å². The van der Waals surface area contributed by atoms with E-state index in [1.54, 1.807) is 6.92 Å². The van der Waals surface area contributed by atoms with Gasteiger partial charge in [-0.25, -0.2) is 8.78 Å². The fourth-order valence-electron chi connectivity index (χ4n) is 5.40. The van der Waals surface area contributed by atoms with Gasteiger partial charge in [0.25, 0.3) is 0 Å². The molecule has 2 aromatic rings. The van der Waals surface area contributed by atoms with Gasteiger partial charge in [0.15, 0.2) is 0 Å². The van der Waals surface area contributed by atoms with Crippen LogP contribution in [0.3, 0.4) is 0 Å². The largest absolute Gasteiger partial charge is 0.354 e. The molecule has 0 radical (unpaired) electrons.